The Morgan fingerprint density at radius 2 is 1.82 bits per heavy atom. The predicted molar refractivity (Wildman–Crippen MR) is 39.1 cm³/mol. The Morgan fingerprint density at radius 1 is 1.36 bits per heavy atom. The molecule has 5 nitrogen and oxygen atoms in total. The van der Waals surface area contributed by atoms with Crippen molar-refractivity contribution in [1.82, 2.24) is 0 Å². The number of rotatable bonds is 4. The Labute approximate surface area is 68.7 Å². The number of aliphatic hydroxyl groups excluding tert-OH is 4. The van der Waals surface area contributed by atoms with E-state index in [1.807, 2.05) is 0 Å². The highest BCUT2D eigenvalue weighted by Gasteiger charge is 2.27. The molecule has 0 heterocycles. The van der Waals surface area contributed by atoms with E-state index in [4.69, 9.17) is 20.4 Å². The van der Waals surface area contributed by atoms with Gasteiger partial charge in [-0.05, 0) is 0 Å². The number of carbonyl (C=O) groups is 1. The lowest BCUT2D eigenvalue weighted by Crippen LogP contribution is -2.42. The van der Waals surface area contributed by atoms with E-state index in [0.29, 0.717) is 0 Å². The summed E-state index contributed by atoms with van der Waals surface area (Å²) < 4.78 is 0. The summed E-state index contributed by atoms with van der Waals surface area (Å²) in [5.74, 6) is 0. The fraction of sp³-hybridized carbons (Fsp3) is 0.800. The van der Waals surface area contributed by atoms with E-state index in [0.717, 1.165) is 0 Å². The minimum absolute atomic E-state index is 0.723. The van der Waals surface area contributed by atoms with Crippen molar-refractivity contribution in [2.45, 2.75) is 18.3 Å². The molecular weight excluding hydrogens is 172 g/mol. The molecule has 0 saturated carbocycles. The Hall–Kier alpha value is -0.140. The van der Waals surface area contributed by atoms with Crippen LogP contribution in [0.4, 0.5) is 0 Å². The number of carbonyl (C=O) groups excluding carboxylic acids is 1. The molecule has 0 saturated heterocycles. The molecule has 66 valence electrons. The summed E-state index contributed by atoms with van der Waals surface area (Å²) in [6.07, 6.45) is -4.98. The van der Waals surface area contributed by atoms with Crippen LogP contribution in [0.2, 0.25) is 0 Å². The first kappa shape index (κ1) is 10.9. The molecule has 0 aliphatic heterocycles. The second kappa shape index (κ2) is 4.68. The zero-order valence-electron chi connectivity index (χ0n) is 5.58. The fourth-order valence-electron chi connectivity index (χ4n) is 0.465. The third-order valence-electron chi connectivity index (χ3n) is 1.16. The van der Waals surface area contributed by atoms with Gasteiger partial charge in [-0.3, -0.25) is 4.79 Å². The van der Waals surface area contributed by atoms with Crippen molar-refractivity contribution in [1.29, 1.82) is 0 Å². The number of hydrogen-bond donors (Lipinski definition) is 5. The topological polar surface area (TPSA) is 98.0 Å². The highest BCUT2D eigenvalue weighted by atomic mass is 32.1. The average molecular weight is 182 g/mol. The van der Waals surface area contributed by atoms with Crippen LogP contribution in [0.1, 0.15) is 0 Å². The highest BCUT2D eigenvalue weighted by molar-refractivity contribution is 7.96. The molecule has 0 aromatic carbocycles. The van der Waals surface area contributed by atoms with Gasteiger partial charge in [-0.1, -0.05) is 0 Å². The normalized spacial score (nSPS) is 19.0. The van der Waals surface area contributed by atoms with Crippen molar-refractivity contribution < 1.29 is 25.2 Å². The first-order valence-corrected chi connectivity index (χ1v) is 3.33. The molecule has 0 amide bonds. The highest BCUT2D eigenvalue weighted by Crippen LogP contribution is 2.02. The van der Waals surface area contributed by atoms with Gasteiger partial charge in [-0.15, -0.1) is 12.6 Å². The quantitative estimate of drug-likeness (QED) is 0.310. The van der Waals surface area contributed by atoms with Crippen molar-refractivity contribution in [3.8, 4) is 0 Å². The lowest BCUT2D eigenvalue weighted by atomic mass is 10.1. The van der Waals surface area contributed by atoms with E-state index in [1.165, 1.54) is 0 Å². The van der Waals surface area contributed by atoms with E-state index < -0.39 is 30.0 Å². The van der Waals surface area contributed by atoms with Gasteiger partial charge < -0.3 is 20.4 Å². The molecule has 0 aliphatic rings. The largest absolute Gasteiger partial charge is 0.394 e. The first-order chi connectivity index (χ1) is 5.00. The molecule has 0 fully saturated rings. The average Bonchev–Trinajstić information content (AvgIpc) is 2.00. The van der Waals surface area contributed by atoms with E-state index in [9.17, 15) is 4.79 Å². The molecule has 0 radical (unpaired) electrons. The van der Waals surface area contributed by atoms with Crippen molar-refractivity contribution in [2.24, 2.45) is 0 Å². The molecule has 0 spiro atoms. The Morgan fingerprint density at radius 3 is 2.09 bits per heavy atom. The van der Waals surface area contributed by atoms with Gasteiger partial charge in [-0.25, -0.2) is 0 Å². The van der Waals surface area contributed by atoms with Crippen LogP contribution >= 0.6 is 12.6 Å². The second-order valence-corrected chi connectivity index (χ2v) is 2.46. The predicted octanol–water partition coefficient (Wildman–Crippen LogP) is -2.48. The lowest BCUT2D eigenvalue weighted by Gasteiger charge is -2.18. The Bertz CT molecular complexity index is 139. The van der Waals surface area contributed by atoms with Gasteiger partial charge in [0, 0.05) is 0 Å². The van der Waals surface area contributed by atoms with E-state index in [-0.39, 0.29) is 0 Å². The van der Waals surface area contributed by atoms with E-state index in [2.05, 4.69) is 12.6 Å². The molecule has 0 rings (SSSR count). The van der Waals surface area contributed by atoms with Gasteiger partial charge in [0.15, 0.2) is 6.10 Å². The van der Waals surface area contributed by atoms with E-state index in [1.54, 1.807) is 0 Å². The second-order valence-electron chi connectivity index (χ2n) is 2.02. The Kier molecular flexibility index (Phi) is 4.62. The summed E-state index contributed by atoms with van der Waals surface area (Å²) >= 11 is 3.22. The van der Waals surface area contributed by atoms with Crippen LogP contribution in [0.5, 0.6) is 0 Å². The SMILES string of the molecule is O=C(S)[C@H](O)[C@H](O)[C@H](O)CO. The lowest BCUT2D eigenvalue weighted by molar-refractivity contribution is -0.131. The van der Waals surface area contributed by atoms with Crippen molar-refractivity contribution >= 4 is 17.7 Å². The van der Waals surface area contributed by atoms with Crippen molar-refractivity contribution in [3.63, 3.8) is 0 Å². The number of aliphatic hydroxyl groups is 4. The first-order valence-electron chi connectivity index (χ1n) is 2.88. The summed E-state index contributed by atoms with van der Waals surface area (Å²) in [7, 11) is 0. The van der Waals surface area contributed by atoms with Crippen LogP contribution in [-0.4, -0.2) is 50.5 Å². The van der Waals surface area contributed by atoms with Gasteiger partial charge in [0.05, 0.1) is 6.61 Å². The molecule has 0 bridgehead atoms. The number of thiol groups is 1. The van der Waals surface area contributed by atoms with Gasteiger partial charge in [0.1, 0.15) is 12.2 Å². The van der Waals surface area contributed by atoms with Crippen LogP contribution in [0.15, 0.2) is 0 Å². The van der Waals surface area contributed by atoms with Gasteiger partial charge in [0.2, 0.25) is 5.12 Å². The Balaban J connectivity index is 4.00. The molecule has 3 atom stereocenters. The molecule has 4 N–H and O–H groups in total. The maximum atomic E-state index is 10.3. The molecule has 0 aliphatic carbocycles. The minimum Gasteiger partial charge on any atom is -0.394 e. The summed E-state index contributed by atoms with van der Waals surface area (Å²) in [6.45, 7) is -0.723. The van der Waals surface area contributed by atoms with Crippen LogP contribution in [0.25, 0.3) is 0 Å². The molecule has 0 unspecified atom stereocenters. The maximum Gasteiger partial charge on any atom is 0.217 e. The summed E-state index contributed by atoms with van der Waals surface area (Å²) in [5, 5.41) is 33.6. The minimum atomic E-state index is -1.76. The zero-order chi connectivity index (χ0) is 9.02. The maximum absolute atomic E-state index is 10.3. The third-order valence-corrected chi connectivity index (χ3v) is 1.42. The monoisotopic (exact) mass is 182 g/mol. The van der Waals surface area contributed by atoms with Gasteiger partial charge >= 0.3 is 0 Å². The number of hydrogen-bond acceptors (Lipinski definition) is 5. The van der Waals surface area contributed by atoms with Crippen LogP contribution in [-0.2, 0) is 4.79 Å². The van der Waals surface area contributed by atoms with Gasteiger partial charge in [0.25, 0.3) is 0 Å². The van der Waals surface area contributed by atoms with Crippen LogP contribution in [0.3, 0.4) is 0 Å². The van der Waals surface area contributed by atoms with Crippen LogP contribution < -0.4 is 0 Å². The zero-order valence-corrected chi connectivity index (χ0v) is 6.48. The summed E-state index contributed by atoms with van der Waals surface area (Å²) in [4.78, 5) is 10.3. The standard InChI is InChI=1S/C5H10O5S/c6-1-2(7)3(8)4(9)5(10)11/h2-4,6-9H,1H2,(H,10,11)/t2-,3-,4-/m1/s1. The third kappa shape index (κ3) is 3.17. The molecular formula is C5H10O5S. The molecule has 6 heteroatoms. The molecule has 0 aromatic heterocycles. The van der Waals surface area contributed by atoms with Crippen molar-refractivity contribution in [2.75, 3.05) is 6.61 Å². The summed E-state index contributed by atoms with van der Waals surface area (Å²) in [5.41, 5.74) is 0. The summed E-state index contributed by atoms with van der Waals surface area (Å²) in [6, 6.07) is 0. The van der Waals surface area contributed by atoms with Crippen molar-refractivity contribution in [3.05, 3.63) is 0 Å². The molecule has 0 aromatic rings. The fourth-order valence-corrected chi connectivity index (χ4v) is 0.617. The molecule has 11 heavy (non-hydrogen) atoms. The van der Waals surface area contributed by atoms with Gasteiger partial charge in [-0.2, -0.15) is 0 Å². The van der Waals surface area contributed by atoms with E-state index >= 15 is 0 Å². The van der Waals surface area contributed by atoms with Crippen LogP contribution in [0, 0.1) is 0 Å². The smallest absolute Gasteiger partial charge is 0.217 e.